The van der Waals surface area contributed by atoms with Crippen molar-refractivity contribution in [2.75, 3.05) is 13.2 Å². The third kappa shape index (κ3) is 7.78. The average molecular weight is 546 g/mol. The molecule has 0 aliphatic carbocycles. The molecule has 1 saturated heterocycles. The lowest BCUT2D eigenvalue weighted by Gasteiger charge is -2.30. The molecule has 37 heavy (non-hydrogen) atoms. The summed E-state index contributed by atoms with van der Waals surface area (Å²) in [7, 11) is 0. The minimum Gasteiger partial charge on any atom is -0.459 e. The topological polar surface area (TPSA) is 36.9 Å². The lowest BCUT2D eigenvalue weighted by molar-refractivity contribution is -0.206. The Morgan fingerprint density at radius 2 is 1.43 bits per heavy atom. The van der Waals surface area contributed by atoms with Crippen LogP contribution < -0.4 is 9.47 Å². The maximum atomic E-state index is 14.6. The van der Waals surface area contributed by atoms with Gasteiger partial charge in [-0.2, -0.15) is 22.0 Å². The molecule has 1 aliphatic rings. The van der Waals surface area contributed by atoms with Gasteiger partial charge in [0.1, 0.15) is 22.9 Å². The zero-order valence-corrected chi connectivity index (χ0v) is 18.5. The first-order valence-electron chi connectivity index (χ1n) is 10.5. The van der Waals surface area contributed by atoms with Crippen LogP contribution in [0, 0.1) is 29.2 Å². The summed E-state index contributed by atoms with van der Waals surface area (Å²) in [5.74, 6) is -9.38. The van der Waals surface area contributed by atoms with Gasteiger partial charge in [0.25, 0.3) is 0 Å². The highest BCUT2D eigenvalue weighted by Crippen LogP contribution is 2.39. The van der Waals surface area contributed by atoms with Crippen LogP contribution in [0.3, 0.4) is 0 Å². The Labute approximate surface area is 206 Å². The minimum atomic E-state index is -4.84. The van der Waals surface area contributed by atoms with E-state index in [4.69, 9.17) is 9.47 Å². The first kappa shape index (κ1) is 30.3. The molecule has 0 aromatic heterocycles. The summed E-state index contributed by atoms with van der Waals surface area (Å²) in [6.45, 7) is 2.44. The van der Waals surface area contributed by atoms with Gasteiger partial charge in [-0.25, -0.2) is 17.6 Å². The molecule has 13 heteroatoms. The van der Waals surface area contributed by atoms with Crippen LogP contribution in [0.2, 0.25) is 0 Å². The van der Waals surface area contributed by atoms with Gasteiger partial charge >= 0.3 is 12.3 Å². The van der Waals surface area contributed by atoms with E-state index in [0.29, 0.717) is 12.1 Å². The highest BCUT2D eigenvalue weighted by Gasteiger charge is 2.42. The van der Waals surface area contributed by atoms with E-state index >= 15 is 0 Å². The van der Waals surface area contributed by atoms with Crippen LogP contribution in [0.25, 0.3) is 0 Å². The van der Waals surface area contributed by atoms with Gasteiger partial charge < -0.3 is 18.9 Å². The summed E-state index contributed by atoms with van der Waals surface area (Å²) in [4.78, 5) is 0. The minimum absolute atomic E-state index is 0. The standard InChI is InChI=1S/C23H19F9O4.CH4/c1-2-3-12-10-34-21(35-11-12)13-6-15(24)19(16(25)7-13)23(31,32)36-14-8-17(26)20(18(27)9-14)33-5-4-22(28,29)30;/h4-9,12,21H,2-3,10-11H2,1H3;1H4/b5-4+;. The smallest absolute Gasteiger partial charge is 0.432 e. The molecule has 2 aromatic carbocycles. The fourth-order valence-corrected chi connectivity index (χ4v) is 3.40. The fraction of sp³-hybridized carbons (Fsp3) is 0.417. The Kier molecular flexibility index (Phi) is 9.89. The lowest BCUT2D eigenvalue weighted by Crippen LogP contribution is -2.28. The molecule has 4 nitrogen and oxygen atoms in total. The molecule has 3 rings (SSSR count). The average Bonchev–Trinajstić information content (AvgIpc) is 2.74. The molecule has 0 amide bonds. The fourth-order valence-electron chi connectivity index (χ4n) is 3.40. The molecule has 0 radical (unpaired) electrons. The Morgan fingerprint density at radius 1 is 0.892 bits per heavy atom. The van der Waals surface area contributed by atoms with E-state index in [1.54, 1.807) is 0 Å². The Hall–Kier alpha value is -2.93. The van der Waals surface area contributed by atoms with Gasteiger partial charge in [0.05, 0.1) is 25.6 Å². The van der Waals surface area contributed by atoms with Crippen molar-refractivity contribution in [3.63, 3.8) is 0 Å². The molecular formula is C24H23F9O4. The van der Waals surface area contributed by atoms with Gasteiger partial charge in [-0.1, -0.05) is 20.8 Å². The molecule has 0 N–H and O–H groups in total. The molecule has 1 aliphatic heterocycles. The monoisotopic (exact) mass is 546 g/mol. The second kappa shape index (κ2) is 12.1. The predicted octanol–water partition coefficient (Wildman–Crippen LogP) is 7.92. The summed E-state index contributed by atoms with van der Waals surface area (Å²) in [6.07, 6.45) is -9.63. The van der Waals surface area contributed by atoms with Crippen LogP contribution in [0.4, 0.5) is 39.5 Å². The Bertz CT molecular complexity index is 1050. The van der Waals surface area contributed by atoms with Gasteiger partial charge in [-0.3, -0.25) is 0 Å². The Balaban J connectivity index is 0.00000481. The number of benzene rings is 2. The van der Waals surface area contributed by atoms with Gasteiger partial charge in [0.2, 0.25) is 0 Å². The van der Waals surface area contributed by atoms with E-state index in [2.05, 4.69) is 9.47 Å². The summed E-state index contributed by atoms with van der Waals surface area (Å²) < 4.78 is 142. The zero-order valence-electron chi connectivity index (χ0n) is 18.5. The van der Waals surface area contributed by atoms with Crippen LogP contribution >= 0.6 is 0 Å². The van der Waals surface area contributed by atoms with E-state index in [0.717, 1.165) is 12.8 Å². The van der Waals surface area contributed by atoms with E-state index in [9.17, 15) is 39.5 Å². The van der Waals surface area contributed by atoms with Crippen molar-refractivity contribution in [3.05, 3.63) is 71.0 Å². The van der Waals surface area contributed by atoms with Crippen LogP contribution in [-0.4, -0.2) is 19.4 Å². The molecule has 0 unspecified atom stereocenters. The lowest BCUT2D eigenvalue weighted by atomic mass is 10.0. The maximum absolute atomic E-state index is 14.6. The van der Waals surface area contributed by atoms with Gasteiger partial charge in [0.15, 0.2) is 23.7 Å². The summed E-state index contributed by atoms with van der Waals surface area (Å²) in [5, 5.41) is 0. The number of rotatable bonds is 8. The zero-order chi connectivity index (χ0) is 26.7. The summed E-state index contributed by atoms with van der Waals surface area (Å²) >= 11 is 0. The van der Waals surface area contributed by atoms with E-state index < -0.39 is 65.0 Å². The van der Waals surface area contributed by atoms with Crippen molar-refractivity contribution in [2.45, 2.75) is 45.8 Å². The Morgan fingerprint density at radius 3 is 1.92 bits per heavy atom. The number of hydrogen-bond donors (Lipinski definition) is 0. The van der Waals surface area contributed by atoms with Gasteiger partial charge in [-0.05, 0) is 18.6 Å². The molecule has 0 atom stereocenters. The van der Waals surface area contributed by atoms with E-state index in [1.165, 1.54) is 0 Å². The molecule has 0 spiro atoms. The molecule has 2 aromatic rings. The van der Waals surface area contributed by atoms with Crippen molar-refractivity contribution >= 4 is 0 Å². The summed E-state index contributed by atoms with van der Waals surface area (Å²) in [6, 6.07) is 1.42. The largest absolute Gasteiger partial charge is 0.459 e. The van der Waals surface area contributed by atoms with Gasteiger partial charge in [0, 0.05) is 23.6 Å². The second-order valence-corrected chi connectivity index (χ2v) is 7.81. The third-order valence-corrected chi connectivity index (χ3v) is 4.95. The highest BCUT2D eigenvalue weighted by molar-refractivity contribution is 5.37. The SMILES string of the molecule is C.CCCC1COC(c2cc(F)c(C(F)(F)Oc3cc(F)c(O/C=C/C(F)(F)F)c(F)c3)c(F)c2)OC1. The summed E-state index contributed by atoms with van der Waals surface area (Å²) in [5.41, 5.74) is -2.05. The normalized spacial score (nSPS) is 18.5. The van der Waals surface area contributed by atoms with Crippen molar-refractivity contribution < 1.29 is 58.5 Å². The molecule has 1 fully saturated rings. The van der Waals surface area contributed by atoms with Crippen LogP contribution in [0.5, 0.6) is 11.5 Å². The van der Waals surface area contributed by atoms with E-state index in [-0.39, 0.29) is 50.5 Å². The van der Waals surface area contributed by atoms with Crippen LogP contribution in [-0.2, 0) is 15.6 Å². The van der Waals surface area contributed by atoms with Crippen LogP contribution in [0.15, 0.2) is 36.6 Å². The number of alkyl halides is 5. The molecule has 1 heterocycles. The third-order valence-electron chi connectivity index (χ3n) is 4.95. The second-order valence-electron chi connectivity index (χ2n) is 7.81. The van der Waals surface area contributed by atoms with Crippen molar-refractivity contribution in [2.24, 2.45) is 5.92 Å². The highest BCUT2D eigenvalue weighted by atomic mass is 19.4. The number of allylic oxidation sites excluding steroid dienone is 1. The maximum Gasteiger partial charge on any atom is 0.432 e. The predicted molar refractivity (Wildman–Crippen MR) is 113 cm³/mol. The number of ether oxygens (including phenoxy) is 4. The first-order chi connectivity index (χ1) is 16.8. The van der Waals surface area contributed by atoms with E-state index in [1.807, 2.05) is 6.92 Å². The van der Waals surface area contributed by atoms with Gasteiger partial charge in [-0.15, -0.1) is 0 Å². The van der Waals surface area contributed by atoms with Crippen molar-refractivity contribution in [1.29, 1.82) is 0 Å². The number of halogens is 9. The quantitative estimate of drug-likeness (QED) is 0.249. The molecule has 206 valence electrons. The van der Waals surface area contributed by atoms with Crippen LogP contribution in [0.1, 0.15) is 44.6 Å². The molecule has 0 saturated carbocycles. The van der Waals surface area contributed by atoms with Crippen molar-refractivity contribution in [3.8, 4) is 11.5 Å². The molecular weight excluding hydrogens is 523 g/mol. The number of hydrogen-bond acceptors (Lipinski definition) is 4. The molecule has 0 bridgehead atoms. The van der Waals surface area contributed by atoms with Crippen molar-refractivity contribution in [1.82, 2.24) is 0 Å². The first-order valence-corrected chi connectivity index (χ1v) is 10.5.